The molecule has 1 amide bonds. The molecular formula is C43H72N6O6S2. The van der Waals surface area contributed by atoms with Gasteiger partial charge in [0.2, 0.25) is 5.91 Å². The first-order valence-corrected chi connectivity index (χ1v) is 25.0. The van der Waals surface area contributed by atoms with E-state index in [9.17, 15) is 19.8 Å². The molecule has 8 N–H and O–H groups in total. The van der Waals surface area contributed by atoms with Crippen LogP contribution in [-0.2, 0) is 19.1 Å². The molecule has 6 bridgehead atoms. The van der Waals surface area contributed by atoms with Gasteiger partial charge in [-0.1, -0.05) is 53.0 Å². The highest BCUT2D eigenvalue weighted by molar-refractivity contribution is 8.76. The number of rotatable bonds is 3. The molecule has 7 unspecified atom stereocenters. The number of ether oxygens (including phenoxy) is 2. The molecule has 2 saturated carbocycles. The smallest absolute Gasteiger partial charge is 0.302 e. The molecule has 14 heteroatoms. The summed E-state index contributed by atoms with van der Waals surface area (Å²) in [6, 6.07) is 0. The van der Waals surface area contributed by atoms with Crippen molar-refractivity contribution in [2.75, 3.05) is 37.8 Å². The van der Waals surface area contributed by atoms with Crippen molar-refractivity contribution in [1.29, 1.82) is 0 Å². The molecule has 13 atom stereocenters. The van der Waals surface area contributed by atoms with E-state index in [4.69, 9.17) is 20.9 Å². The molecule has 0 aromatic carbocycles. The van der Waals surface area contributed by atoms with Crippen LogP contribution in [0.25, 0.3) is 0 Å². The van der Waals surface area contributed by atoms with Gasteiger partial charge in [0.05, 0.1) is 36.0 Å². The van der Waals surface area contributed by atoms with Gasteiger partial charge in [0.25, 0.3) is 0 Å². The molecule has 8 aliphatic rings. The van der Waals surface area contributed by atoms with Crippen LogP contribution < -0.4 is 22.1 Å². The van der Waals surface area contributed by atoms with E-state index in [1.807, 2.05) is 10.8 Å². The zero-order valence-electron chi connectivity index (χ0n) is 34.4. The molecule has 0 aromatic rings. The van der Waals surface area contributed by atoms with Crippen LogP contribution in [0, 0.1) is 40.9 Å². The quantitative estimate of drug-likeness (QED) is 0.126. The normalized spacial score (nSPS) is 42.9. The van der Waals surface area contributed by atoms with Gasteiger partial charge >= 0.3 is 5.97 Å². The fraction of sp³-hybridized carbons (Fsp3) is 0.884. The lowest BCUT2D eigenvalue weighted by atomic mass is 9.62. The zero-order chi connectivity index (χ0) is 40.0. The fourth-order valence-corrected chi connectivity index (χ4v) is 14.1. The molecule has 0 radical (unpaired) electrons. The first-order chi connectivity index (χ1) is 27.5. The van der Waals surface area contributed by atoms with Crippen LogP contribution in [0.15, 0.2) is 17.1 Å². The van der Waals surface area contributed by atoms with Crippen LogP contribution in [0.4, 0.5) is 0 Å². The number of carbonyl (C=O) groups is 2. The second kappa shape index (κ2) is 19.9. The second-order valence-electron chi connectivity index (χ2n) is 19.0. The minimum absolute atomic E-state index is 0.0256. The Hall–Kier alpha value is -1.55. The van der Waals surface area contributed by atoms with Crippen LogP contribution in [0.3, 0.4) is 0 Å². The number of aliphatic imine (C=N–C) groups is 1. The second-order valence-corrected chi connectivity index (χ2v) is 21.6. The van der Waals surface area contributed by atoms with Crippen LogP contribution in [0.1, 0.15) is 122 Å². The van der Waals surface area contributed by atoms with E-state index in [1.165, 1.54) is 6.92 Å². The summed E-state index contributed by atoms with van der Waals surface area (Å²) in [5.41, 5.74) is 12.2. The Morgan fingerprint density at radius 2 is 1.88 bits per heavy atom. The molecule has 3 saturated heterocycles. The van der Waals surface area contributed by atoms with E-state index in [1.54, 1.807) is 10.8 Å². The number of fused-ring (bicyclic) bond motifs is 4. The lowest BCUT2D eigenvalue weighted by Gasteiger charge is -2.48. The Balaban J connectivity index is 1.13. The van der Waals surface area contributed by atoms with E-state index < -0.39 is 12.2 Å². The first kappa shape index (κ1) is 43.5. The SMILES string of the molecule is CC(=O)O[C@H]1CCC2CC(CN3C[C@](CC4CCNC(N)C4)(CCNC(N)=NCSSCCCCCC[C@H](O)C1)CC3=O)C(O)C1O[C@]34C=C[C@H](C[C@H]3CCC4)C21. The molecule has 12 nitrogen and oxygen atoms in total. The summed E-state index contributed by atoms with van der Waals surface area (Å²) in [5, 5.41) is 30.3. The van der Waals surface area contributed by atoms with Gasteiger partial charge in [-0.25, -0.2) is 4.99 Å². The van der Waals surface area contributed by atoms with Crippen LogP contribution in [0.5, 0.6) is 0 Å². The van der Waals surface area contributed by atoms with E-state index in [0.717, 1.165) is 102 Å². The van der Waals surface area contributed by atoms with E-state index in [2.05, 4.69) is 32.7 Å². The maximum Gasteiger partial charge on any atom is 0.302 e. The summed E-state index contributed by atoms with van der Waals surface area (Å²) in [6.45, 7) is 4.16. The minimum Gasteiger partial charge on any atom is -0.462 e. The van der Waals surface area contributed by atoms with Gasteiger partial charge in [-0.2, -0.15) is 0 Å². The molecule has 57 heavy (non-hydrogen) atoms. The summed E-state index contributed by atoms with van der Waals surface area (Å²) in [7, 11) is 3.52. The van der Waals surface area contributed by atoms with Gasteiger partial charge < -0.3 is 46.7 Å². The Kier molecular flexibility index (Phi) is 15.2. The number of piperidine rings is 1. The van der Waals surface area contributed by atoms with Crippen LogP contribution in [0.2, 0.25) is 0 Å². The molecule has 3 aliphatic carbocycles. The van der Waals surface area contributed by atoms with Crippen molar-refractivity contribution in [3.63, 3.8) is 0 Å². The lowest BCUT2D eigenvalue weighted by Crippen LogP contribution is -2.54. The number of guanidine groups is 1. The molecule has 0 aromatic heterocycles. The van der Waals surface area contributed by atoms with Gasteiger partial charge in [0.1, 0.15) is 6.10 Å². The first-order valence-electron chi connectivity index (χ1n) is 22.5. The Labute approximate surface area is 349 Å². The Morgan fingerprint density at radius 3 is 2.72 bits per heavy atom. The monoisotopic (exact) mass is 832 g/mol. The third-order valence-corrected chi connectivity index (χ3v) is 17.1. The number of hydrogen-bond donors (Lipinski definition) is 6. The van der Waals surface area contributed by atoms with E-state index >= 15 is 0 Å². The van der Waals surface area contributed by atoms with Crippen molar-refractivity contribution in [1.82, 2.24) is 15.5 Å². The average Bonchev–Trinajstić information content (AvgIpc) is 3.61. The summed E-state index contributed by atoms with van der Waals surface area (Å²) >= 11 is 0. The molecular weight excluding hydrogens is 761 g/mol. The van der Waals surface area contributed by atoms with Gasteiger partial charge in [-0.3, -0.25) is 9.59 Å². The summed E-state index contributed by atoms with van der Waals surface area (Å²) < 4.78 is 13.1. The average molecular weight is 833 g/mol. The van der Waals surface area contributed by atoms with E-state index in [-0.39, 0.29) is 59.0 Å². The number of nitrogens with zero attached hydrogens (tertiary/aromatic N) is 2. The summed E-state index contributed by atoms with van der Waals surface area (Å²) in [4.78, 5) is 33.2. The number of nitrogens with one attached hydrogen (secondary N) is 2. The summed E-state index contributed by atoms with van der Waals surface area (Å²) in [5.74, 6) is 3.39. The standard InChI is InChI=1S/C43H72N6O6S2/c1-28(50)54-35-10-9-30-20-32(39(53)40-38(30)31-11-14-43(55-40)13-6-7-33(43)21-31)25-49-26-42(24-37(49)52,23-29-12-16-46-36(44)19-29)15-17-47-41(45)48-27-57-56-18-5-3-2-4-8-34(51)22-35/h11,14,29-36,38-40,46,51,53H,2-10,12-13,15-27,44H2,1H3,(H3,45,47,48)/t29?,30?,31-,32?,33-,34+,35+,36?,38?,39?,40?,42+,43-/m1/s1. The molecule has 5 heterocycles. The van der Waals surface area contributed by atoms with Gasteiger partial charge in [0, 0.05) is 51.1 Å². The highest BCUT2D eigenvalue weighted by Crippen LogP contribution is 2.57. The number of esters is 1. The van der Waals surface area contributed by atoms with Crippen molar-refractivity contribution in [2.24, 2.45) is 57.4 Å². The van der Waals surface area contributed by atoms with Crippen molar-refractivity contribution in [3.8, 4) is 0 Å². The number of aliphatic hydroxyl groups excluding tert-OH is 2. The number of carbonyl (C=O) groups excluding carboxylic acids is 2. The van der Waals surface area contributed by atoms with Crippen LogP contribution >= 0.6 is 21.6 Å². The van der Waals surface area contributed by atoms with Gasteiger partial charge in [0.15, 0.2) is 5.96 Å². The van der Waals surface area contributed by atoms with Crippen molar-refractivity contribution in [3.05, 3.63) is 12.2 Å². The number of amides is 1. The van der Waals surface area contributed by atoms with Crippen molar-refractivity contribution >= 4 is 39.4 Å². The van der Waals surface area contributed by atoms with Crippen molar-refractivity contribution < 1.29 is 29.3 Å². The Morgan fingerprint density at radius 1 is 1.02 bits per heavy atom. The Bertz CT molecular complexity index is 1430. The highest BCUT2D eigenvalue weighted by Gasteiger charge is 2.58. The van der Waals surface area contributed by atoms with Gasteiger partial charge in [-0.05, 0) is 125 Å². The largest absolute Gasteiger partial charge is 0.462 e. The van der Waals surface area contributed by atoms with Gasteiger partial charge in [-0.15, -0.1) is 0 Å². The zero-order valence-corrected chi connectivity index (χ0v) is 36.0. The lowest BCUT2D eigenvalue weighted by molar-refractivity contribution is -0.179. The van der Waals surface area contributed by atoms with E-state index in [0.29, 0.717) is 74.9 Å². The predicted molar refractivity (Wildman–Crippen MR) is 228 cm³/mol. The third kappa shape index (κ3) is 11.0. The third-order valence-electron chi connectivity index (χ3n) is 14.9. The molecule has 8 rings (SSSR count). The van der Waals surface area contributed by atoms with Crippen molar-refractivity contribution in [2.45, 2.75) is 159 Å². The maximum absolute atomic E-state index is 14.2. The number of hydrogen-bond acceptors (Lipinski definition) is 13. The topological polar surface area (TPSA) is 185 Å². The fourth-order valence-electron chi connectivity index (χ4n) is 12.3. The molecule has 5 aliphatic heterocycles. The predicted octanol–water partition coefficient (Wildman–Crippen LogP) is 5.07. The highest BCUT2D eigenvalue weighted by atomic mass is 33.1. The number of aliphatic hydroxyl groups is 2. The number of nitrogens with two attached hydrogens (primary N) is 2. The maximum atomic E-state index is 14.2. The minimum atomic E-state index is -0.679. The molecule has 322 valence electrons. The molecule has 1 spiro atoms. The number of allylic oxidation sites excluding steroid dienone is 1. The van der Waals surface area contributed by atoms with Crippen LogP contribution in [-0.4, -0.2) is 107 Å². The summed E-state index contributed by atoms with van der Waals surface area (Å²) in [6.07, 6.45) is 19.0. The molecule has 5 fully saturated rings.